The van der Waals surface area contributed by atoms with Crippen LogP contribution in [0.5, 0.6) is 11.5 Å². The van der Waals surface area contributed by atoms with Gasteiger partial charge < -0.3 is 28.4 Å². The number of aryl methyl sites for hydroxylation is 2. The van der Waals surface area contributed by atoms with E-state index in [2.05, 4.69) is 0 Å². The summed E-state index contributed by atoms with van der Waals surface area (Å²) in [5, 5.41) is 0. The highest BCUT2D eigenvalue weighted by molar-refractivity contribution is 5.39. The number of methoxy groups -OCH3 is 2. The molecule has 0 amide bonds. The molecule has 12 heteroatoms. The fraction of sp³-hybridized carbons (Fsp3) is 0.636. The van der Waals surface area contributed by atoms with Crippen molar-refractivity contribution in [3.8, 4) is 11.5 Å². The number of hydrogen-bond donors (Lipinski definition) is 0. The fourth-order valence-electron chi connectivity index (χ4n) is 6.41. The van der Waals surface area contributed by atoms with E-state index in [1.165, 1.54) is 28.1 Å². The van der Waals surface area contributed by atoms with Gasteiger partial charge in [-0.1, -0.05) is 39.8 Å². The lowest BCUT2D eigenvalue weighted by atomic mass is 9.70. The molecular weight excluding hydrogens is 606 g/mol. The van der Waals surface area contributed by atoms with Gasteiger partial charge >= 0.3 is 12.4 Å². The van der Waals surface area contributed by atoms with Crippen molar-refractivity contribution in [3.63, 3.8) is 0 Å². The van der Waals surface area contributed by atoms with Gasteiger partial charge in [-0.2, -0.15) is 26.3 Å². The van der Waals surface area contributed by atoms with Crippen LogP contribution < -0.4 is 9.47 Å². The van der Waals surface area contributed by atoms with Crippen LogP contribution >= 0.6 is 0 Å². The molecule has 2 fully saturated rings. The van der Waals surface area contributed by atoms with Gasteiger partial charge in [-0.3, -0.25) is 0 Å². The van der Waals surface area contributed by atoms with Crippen molar-refractivity contribution in [2.45, 2.75) is 78.3 Å². The van der Waals surface area contributed by atoms with Gasteiger partial charge in [0.15, 0.2) is 12.2 Å². The van der Waals surface area contributed by atoms with E-state index in [1.807, 2.05) is 0 Å². The van der Waals surface area contributed by atoms with E-state index in [4.69, 9.17) is 28.4 Å². The van der Waals surface area contributed by atoms with Gasteiger partial charge in [-0.15, -0.1) is 0 Å². The van der Waals surface area contributed by atoms with Crippen molar-refractivity contribution in [1.82, 2.24) is 0 Å². The normalized spacial score (nSPS) is 28.8. The molecule has 0 N–H and O–H groups in total. The number of alkyl halides is 6. The number of halogens is 6. The van der Waals surface area contributed by atoms with E-state index >= 15 is 0 Å². The zero-order valence-corrected chi connectivity index (χ0v) is 26.8. The lowest BCUT2D eigenvalue weighted by Crippen LogP contribution is -2.61. The zero-order valence-electron chi connectivity index (χ0n) is 26.8. The maximum Gasteiger partial charge on any atom is 0.415 e. The molecule has 2 aromatic rings. The molecule has 6 nitrogen and oxygen atoms in total. The topological polar surface area (TPSA) is 55.4 Å². The molecule has 6 atom stereocenters. The lowest BCUT2D eigenvalue weighted by Gasteiger charge is -2.54. The first kappa shape index (κ1) is 35.3. The summed E-state index contributed by atoms with van der Waals surface area (Å²) in [5.41, 5.74) is -0.843. The molecule has 0 saturated carbocycles. The molecule has 252 valence electrons. The molecule has 2 saturated heterocycles. The van der Waals surface area contributed by atoms with Crippen LogP contribution in [-0.2, 0) is 18.9 Å². The van der Waals surface area contributed by atoms with Crippen molar-refractivity contribution in [3.05, 3.63) is 58.7 Å². The molecule has 4 rings (SSSR count). The van der Waals surface area contributed by atoms with E-state index in [9.17, 15) is 26.3 Å². The molecule has 0 aromatic heterocycles. The van der Waals surface area contributed by atoms with E-state index in [0.29, 0.717) is 22.6 Å². The molecule has 0 spiro atoms. The Morgan fingerprint density at radius 1 is 0.667 bits per heavy atom. The second-order valence-electron chi connectivity index (χ2n) is 13.5. The molecule has 2 aliphatic heterocycles. The second-order valence-corrected chi connectivity index (χ2v) is 13.5. The maximum absolute atomic E-state index is 13.9. The minimum atomic E-state index is -4.59. The minimum absolute atomic E-state index is 0.0124. The average Bonchev–Trinajstić information content (AvgIpc) is 2.90. The van der Waals surface area contributed by atoms with Crippen LogP contribution in [0, 0.1) is 30.1 Å². The van der Waals surface area contributed by atoms with E-state index in [-0.39, 0.29) is 26.4 Å². The van der Waals surface area contributed by atoms with Crippen LogP contribution in [-0.4, -0.2) is 65.2 Å². The molecule has 2 heterocycles. The van der Waals surface area contributed by atoms with Crippen LogP contribution in [0.15, 0.2) is 36.4 Å². The summed E-state index contributed by atoms with van der Waals surface area (Å²) in [6.07, 6.45) is -14.9. The summed E-state index contributed by atoms with van der Waals surface area (Å²) in [6.45, 7) is 9.64. The molecule has 2 aromatic carbocycles. The van der Waals surface area contributed by atoms with Crippen LogP contribution in [0.25, 0.3) is 0 Å². The van der Waals surface area contributed by atoms with Crippen molar-refractivity contribution < 1.29 is 54.8 Å². The summed E-state index contributed by atoms with van der Waals surface area (Å²) in [7, 11) is 3.03. The number of benzene rings is 2. The Hall–Kier alpha value is -2.54. The summed E-state index contributed by atoms with van der Waals surface area (Å²) in [6, 6.07) is 10.2. The van der Waals surface area contributed by atoms with Gasteiger partial charge in [0, 0.05) is 5.41 Å². The van der Waals surface area contributed by atoms with Crippen molar-refractivity contribution in [2.75, 3.05) is 40.6 Å². The van der Waals surface area contributed by atoms with Crippen molar-refractivity contribution in [2.24, 2.45) is 16.2 Å². The lowest BCUT2D eigenvalue weighted by molar-refractivity contribution is -0.366. The number of hydrogen-bond acceptors (Lipinski definition) is 6. The maximum atomic E-state index is 13.9. The highest BCUT2D eigenvalue weighted by Crippen LogP contribution is 2.58. The average molecular weight is 649 g/mol. The van der Waals surface area contributed by atoms with Crippen LogP contribution in [0.4, 0.5) is 26.3 Å². The minimum Gasteiger partial charge on any atom is -0.496 e. The first-order valence-electron chi connectivity index (χ1n) is 14.7. The van der Waals surface area contributed by atoms with Crippen LogP contribution in [0.1, 0.15) is 62.2 Å². The van der Waals surface area contributed by atoms with E-state index in [1.54, 1.807) is 64.1 Å². The van der Waals surface area contributed by atoms with Crippen LogP contribution in [0.2, 0.25) is 0 Å². The quantitative estimate of drug-likeness (QED) is 0.217. The Bertz CT molecular complexity index is 1240. The molecule has 2 aliphatic rings. The first-order chi connectivity index (χ1) is 20.8. The number of rotatable bonds is 12. The molecule has 45 heavy (non-hydrogen) atoms. The predicted octanol–water partition coefficient (Wildman–Crippen LogP) is 8.10. The zero-order chi connectivity index (χ0) is 33.6. The van der Waals surface area contributed by atoms with Crippen LogP contribution in [0.3, 0.4) is 0 Å². The Balaban J connectivity index is 1.40. The van der Waals surface area contributed by atoms with Gasteiger partial charge in [0.2, 0.25) is 0 Å². The molecule has 0 aliphatic carbocycles. The van der Waals surface area contributed by atoms with E-state index in [0.717, 1.165) is 11.1 Å². The summed E-state index contributed by atoms with van der Waals surface area (Å²) in [4.78, 5) is 0. The standard InChI is InChI=1S/C33H42F6O6/c1-19-13-21(9-11-23(19)40-7)25-30(5,27(44-25)32(34,35)36)17-42-15-29(3,4)16-43-18-31(6)26(45-28(31)33(37,38)39)22-10-12-24(41-8)20(2)14-22/h9-14,25-28H,15-18H2,1-8H3. The second kappa shape index (κ2) is 12.6. The summed E-state index contributed by atoms with van der Waals surface area (Å²) in [5.74, 6) is 1.22. The number of ether oxygens (including phenoxy) is 6. The highest BCUT2D eigenvalue weighted by atomic mass is 19.4. The fourth-order valence-corrected chi connectivity index (χ4v) is 6.41. The third-order valence-electron chi connectivity index (χ3n) is 8.79. The van der Waals surface area contributed by atoms with Gasteiger partial charge in [0.25, 0.3) is 0 Å². The van der Waals surface area contributed by atoms with Gasteiger partial charge in [-0.05, 0) is 60.4 Å². The van der Waals surface area contributed by atoms with Gasteiger partial charge in [0.1, 0.15) is 11.5 Å². The Morgan fingerprint density at radius 3 is 1.31 bits per heavy atom. The molecule has 0 bridgehead atoms. The van der Waals surface area contributed by atoms with Gasteiger partial charge in [0.05, 0.1) is 63.7 Å². The Kier molecular flexibility index (Phi) is 9.87. The van der Waals surface area contributed by atoms with E-state index < -0.39 is 53.0 Å². The van der Waals surface area contributed by atoms with Gasteiger partial charge in [-0.25, -0.2) is 0 Å². The molecule has 0 radical (unpaired) electrons. The molecular formula is C33H42F6O6. The van der Waals surface area contributed by atoms with Crippen molar-refractivity contribution in [1.29, 1.82) is 0 Å². The summed E-state index contributed by atoms with van der Waals surface area (Å²) < 4.78 is 116. The largest absolute Gasteiger partial charge is 0.496 e. The third-order valence-corrected chi connectivity index (χ3v) is 8.79. The predicted molar refractivity (Wildman–Crippen MR) is 154 cm³/mol. The Labute approximate surface area is 260 Å². The SMILES string of the molecule is COc1ccc(C2OC(C(F)(F)F)C2(C)COCC(C)(C)COCC2(C)C(c3ccc(OC)c(C)c3)OC2C(F)(F)F)cc1C. The van der Waals surface area contributed by atoms with Crippen molar-refractivity contribution >= 4 is 0 Å². The highest BCUT2D eigenvalue weighted by Gasteiger charge is 2.66. The smallest absolute Gasteiger partial charge is 0.415 e. The monoisotopic (exact) mass is 648 g/mol. The molecule has 6 unspecified atom stereocenters. The Morgan fingerprint density at radius 2 is 1.02 bits per heavy atom. The first-order valence-corrected chi connectivity index (χ1v) is 14.7. The third kappa shape index (κ3) is 7.08. The summed E-state index contributed by atoms with van der Waals surface area (Å²) >= 11 is 0.